The number of aromatic nitrogens is 2. The van der Waals surface area contributed by atoms with Crippen molar-refractivity contribution < 1.29 is 0 Å². The van der Waals surface area contributed by atoms with Gasteiger partial charge in [0, 0.05) is 16.0 Å². The normalized spacial score (nSPS) is 9.93. The molecule has 0 amide bonds. The van der Waals surface area contributed by atoms with E-state index in [1.54, 1.807) is 6.20 Å². The van der Waals surface area contributed by atoms with Crippen molar-refractivity contribution in [3.05, 3.63) is 52.0 Å². The van der Waals surface area contributed by atoms with E-state index < -0.39 is 0 Å². The fourth-order valence-corrected chi connectivity index (χ4v) is 1.48. The number of nitrogens with zero attached hydrogens (tertiary/aromatic N) is 2. The molecule has 76 valence electrons. The maximum atomic E-state index is 4.25. The van der Waals surface area contributed by atoms with E-state index in [1.807, 2.05) is 36.5 Å². The molecule has 0 aliphatic rings. The topological polar surface area (TPSA) is 37.8 Å². The third kappa shape index (κ3) is 3.16. The van der Waals surface area contributed by atoms with E-state index in [-0.39, 0.29) is 0 Å². The lowest BCUT2D eigenvalue weighted by atomic mass is 10.3. The lowest BCUT2D eigenvalue weighted by molar-refractivity contribution is 1.03. The summed E-state index contributed by atoms with van der Waals surface area (Å²) in [6, 6.07) is 9.86. The highest BCUT2D eigenvalue weighted by Crippen LogP contribution is 2.07. The second-order valence-electron chi connectivity index (χ2n) is 3.04. The molecule has 0 atom stereocenters. The van der Waals surface area contributed by atoms with Crippen LogP contribution >= 0.6 is 22.6 Å². The fraction of sp³-hybridized carbons (Fsp3) is 0.0909. The minimum atomic E-state index is 0.703. The highest BCUT2D eigenvalue weighted by atomic mass is 127. The number of hydrogen-bond donors (Lipinski definition) is 1. The summed E-state index contributed by atoms with van der Waals surface area (Å²) >= 11 is 2.23. The van der Waals surface area contributed by atoms with E-state index in [4.69, 9.17) is 0 Å². The summed E-state index contributed by atoms with van der Waals surface area (Å²) in [5, 5.41) is 3.21. The van der Waals surface area contributed by atoms with Crippen molar-refractivity contribution in [2.24, 2.45) is 0 Å². The predicted molar refractivity (Wildman–Crippen MR) is 68.5 cm³/mol. The highest BCUT2D eigenvalue weighted by molar-refractivity contribution is 14.1. The smallest absolute Gasteiger partial charge is 0.126 e. The molecule has 0 saturated carbocycles. The minimum absolute atomic E-state index is 0.703. The molecule has 0 unspecified atom stereocenters. The molecule has 2 rings (SSSR count). The Morgan fingerprint density at radius 1 is 1.13 bits per heavy atom. The van der Waals surface area contributed by atoms with Gasteiger partial charge in [-0.3, -0.25) is 4.98 Å². The van der Waals surface area contributed by atoms with Crippen LogP contribution in [0.25, 0.3) is 0 Å². The summed E-state index contributed by atoms with van der Waals surface area (Å²) in [5.74, 6) is 0.876. The first-order valence-electron chi connectivity index (χ1n) is 4.60. The SMILES string of the molecule is Ic1ccc(NCc2ccccn2)nc1. The standard InChI is InChI=1S/C11H10IN3/c12-9-4-5-11(14-7-9)15-8-10-3-1-2-6-13-10/h1-7H,8H2,(H,14,15). The molecule has 15 heavy (non-hydrogen) atoms. The zero-order chi connectivity index (χ0) is 10.5. The van der Waals surface area contributed by atoms with Gasteiger partial charge in [-0.05, 0) is 46.9 Å². The Labute approximate surface area is 102 Å². The van der Waals surface area contributed by atoms with Crippen molar-refractivity contribution in [1.82, 2.24) is 9.97 Å². The molecule has 0 aliphatic carbocycles. The molecule has 0 fully saturated rings. The van der Waals surface area contributed by atoms with Crippen LogP contribution < -0.4 is 5.32 Å². The van der Waals surface area contributed by atoms with Gasteiger partial charge in [0.05, 0.1) is 12.2 Å². The predicted octanol–water partition coefficient (Wildman–Crippen LogP) is 2.69. The van der Waals surface area contributed by atoms with Gasteiger partial charge in [0.1, 0.15) is 5.82 Å². The van der Waals surface area contributed by atoms with Crippen LogP contribution in [0.5, 0.6) is 0 Å². The molecule has 0 spiro atoms. The average Bonchev–Trinajstić information content (AvgIpc) is 2.30. The number of halogens is 1. The van der Waals surface area contributed by atoms with Crippen molar-refractivity contribution in [2.75, 3.05) is 5.32 Å². The Bertz CT molecular complexity index is 414. The first-order chi connectivity index (χ1) is 7.34. The fourth-order valence-electron chi connectivity index (χ4n) is 1.16. The molecule has 0 aromatic carbocycles. The Morgan fingerprint density at radius 2 is 2.07 bits per heavy atom. The van der Waals surface area contributed by atoms with Crippen molar-refractivity contribution >= 4 is 28.4 Å². The van der Waals surface area contributed by atoms with E-state index in [1.165, 1.54) is 0 Å². The number of pyridine rings is 2. The second kappa shape index (κ2) is 5.06. The molecule has 2 heterocycles. The van der Waals surface area contributed by atoms with Crippen LogP contribution in [0.4, 0.5) is 5.82 Å². The van der Waals surface area contributed by atoms with Gasteiger partial charge in [0.25, 0.3) is 0 Å². The Kier molecular flexibility index (Phi) is 3.49. The van der Waals surface area contributed by atoms with Crippen LogP contribution in [0.3, 0.4) is 0 Å². The molecular formula is C11H10IN3. The van der Waals surface area contributed by atoms with Crippen LogP contribution in [-0.4, -0.2) is 9.97 Å². The van der Waals surface area contributed by atoms with Crippen molar-refractivity contribution in [2.45, 2.75) is 6.54 Å². The molecule has 0 saturated heterocycles. The molecule has 4 heteroatoms. The Morgan fingerprint density at radius 3 is 2.73 bits per heavy atom. The van der Waals surface area contributed by atoms with Crippen LogP contribution in [0.2, 0.25) is 0 Å². The summed E-state index contributed by atoms with van der Waals surface area (Å²) in [7, 11) is 0. The first-order valence-corrected chi connectivity index (χ1v) is 5.68. The van der Waals surface area contributed by atoms with Crippen molar-refractivity contribution in [3.63, 3.8) is 0 Å². The van der Waals surface area contributed by atoms with Crippen LogP contribution in [0.15, 0.2) is 42.7 Å². The highest BCUT2D eigenvalue weighted by Gasteiger charge is 1.95. The van der Waals surface area contributed by atoms with Gasteiger partial charge in [-0.1, -0.05) is 6.07 Å². The summed E-state index contributed by atoms with van der Waals surface area (Å²) in [4.78, 5) is 8.47. The number of rotatable bonds is 3. The van der Waals surface area contributed by atoms with Gasteiger partial charge in [-0.15, -0.1) is 0 Å². The number of hydrogen-bond acceptors (Lipinski definition) is 3. The summed E-state index contributed by atoms with van der Waals surface area (Å²) in [5.41, 5.74) is 1.01. The third-order valence-corrected chi connectivity index (χ3v) is 2.54. The molecule has 0 bridgehead atoms. The van der Waals surface area contributed by atoms with Gasteiger partial charge < -0.3 is 5.32 Å². The largest absolute Gasteiger partial charge is 0.364 e. The number of nitrogens with one attached hydrogen (secondary N) is 1. The minimum Gasteiger partial charge on any atom is -0.364 e. The van der Waals surface area contributed by atoms with Gasteiger partial charge >= 0.3 is 0 Å². The zero-order valence-corrected chi connectivity index (χ0v) is 10.2. The van der Waals surface area contributed by atoms with Crippen LogP contribution in [0.1, 0.15) is 5.69 Å². The molecule has 2 aromatic heterocycles. The summed E-state index contributed by atoms with van der Waals surface area (Å²) < 4.78 is 1.14. The molecule has 0 aliphatic heterocycles. The van der Waals surface area contributed by atoms with Crippen LogP contribution in [0, 0.1) is 3.57 Å². The van der Waals surface area contributed by atoms with E-state index in [9.17, 15) is 0 Å². The maximum Gasteiger partial charge on any atom is 0.126 e. The Balaban J connectivity index is 1.96. The molecule has 3 nitrogen and oxygen atoms in total. The van der Waals surface area contributed by atoms with Crippen molar-refractivity contribution in [1.29, 1.82) is 0 Å². The molecular weight excluding hydrogens is 301 g/mol. The molecule has 0 radical (unpaired) electrons. The van der Waals surface area contributed by atoms with Gasteiger partial charge in [-0.25, -0.2) is 4.98 Å². The van der Waals surface area contributed by atoms with Crippen molar-refractivity contribution in [3.8, 4) is 0 Å². The zero-order valence-electron chi connectivity index (χ0n) is 8.02. The quantitative estimate of drug-likeness (QED) is 0.886. The maximum absolute atomic E-state index is 4.25. The van der Waals surface area contributed by atoms with E-state index in [0.29, 0.717) is 6.54 Å². The van der Waals surface area contributed by atoms with E-state index >= 15 is 0 Å². The Hall–Kier alpha value is -1.17. The van der Waals surface area contributed by atoms with Crippen LogP contribution in [-0.2, 0) is 6.54 Å². The van der Waals surface area contributed by atoms with Gasteiger partial charge in [-0.2, -0.15) is 0 Å². The summed E-state index contributed by atoms with van der Waals surface area (Å²) in [6.45, 7) is 0.703. The van der Waals surface area contributed by atoms with E-state index in [0.717, 1.165) is 15.1 Å². The molecule has 2 aromatic rings. The average molecular weight is 311 g/mol. The van der Waals surface area contributed by atoms with E-state index in [2.05, 4.69) is 37.9 Å². The van der Waals surface area contributed by atoms with Gasteiger partial charge in [0.15, 0.2) is 0 Å². The first kappa shape index (κ1) is 10.4. The van der Waals surface area contributed by atoms with Gasteiger partial charge in [0.2, 0.25) is 0 Å². The lowest BCUT2D eigenvalue weighted by Gasteiger charge is -2.04. The summed E-state index contributed by atoms with van der Waals surface area (Å²) in [6.07, 6.45) is 3.62. The molecule has 1 N–H and O–H groups in total. The number of anilines is 1. The monoisotopic (exact) mass is 311 g/mol. The third-order valence-electron chi connectivity index (χ3n) is 1.90. The lowest BCUT2D eigenvalue weighted by Crippen LogP contribution is -2.02. The second-order valence-corrected chi connectivity index (χ2v) is 4.28.